The number of halogens is 1. The Labute approximate surface area is 144 Å². The summed E-state index contributed by atoms with van der Waals surface area (Å²) in [5.74, 6) is -0.960. The van der Waals surface area contributed by atoms with Crippen LogP contribution in [0.4, 0.5) is 4.79 Å². The minimum Gasteiger partial charge on any atom is -0.493 e. The molecule has 2 N–H and O–H groups in total. The average molecular weight is 359 g/mol. The van der Waals surface area contributed by atoms with Crippen molar-refractivity contribution >= 4 is 29.5 Å². The van der Waals surface area contributed by atoms with Gasteiger partial charge in [-0.3, -0.25) is 10.1 Å². The molecule has 0 heterocycles. The third kappa shape index (κ3) is 5.62. The molecule has 8 nitrogen and oxygen atoms in total. The van der Waals surface area contributed by atoms with Gasteiger partial charge in [-0.1, -0.05) is 11.6 Å². The van der Waals surface area contributed by atoms with Crippen LogP contribution >= 0.6 is 11.6 Å². The molecular formula is C15H19ClN2O6. The van der Waals surface area contributed by atoms with Gasteiger partial charge in [0.05, 0.1) is 24.3 Å². The normalized spacial score (nSPS) is 9.83. The summed E-state index contributed by atoms with van der Waals surface area (Å²) in [4.78, 5) is 34.6. The van der Waals surface area contributed by atoms with Gasteiger partial charge in [0.1, 0.15) is 0 Å². The van der Waals surface area contributed by atoms with Crippen LogP contribution in [0.5, 0.6) is 11.5 Å². The van der Waals surface area contributed by atoms with Crippen molar-refractivity contribution in [2.45, 2.75) is 13.8 Å². The van der Waals surface area contributed by atoms with E-state index in [1.165, 1.54) is 19.2 Å². The van der Waals surface area contributed by atoms with Gasteiger partial charge in [-0.25, -0.2) is 9.59 Å². The minimum atomic E-state index is -0.788. The number of carbonyl (C=O) groups excluding carboxylic acids is 3. The molecule has 3 amide bonds. The molecule has 24 heavy (non-hydrogen) atoms. The van der Waals surface area contributed by atoms with Gasteiger partial charge >= 0.3 is 12.0 Å². The third-order valence-corrected chi connectivity index (χ3v) is 2.96. The molecule has 0 saturated heterocycles. The molecule has 1 aromatic rings. The summed E-state index contributed by atoms with van der Waals surface area (Å²) < 4.78 is 15.3. The second-order valence-corrected chi connectivity index (χ2v) is 4.81. The number of urea groups is 1. The number of benzene rings is 1. The number of methoxy groups -OCH3 is 1. The minimum absolute atomic E-state index is 0.0890. The van der Waals surface area contributed by atoms with Crippen molar-refractivity contribution in [3.05, 3.63) is 22.7 Å². The Hall–Kier alpha value is -2.48. The van der Waals surface area contributed by atoms with Crippen LogP contribution in [0.1, 0.15) is 24.2 Å². The van der Waals surface area contributed by atoms with Crippen LogP contribution < -0.4 is 20.1 Å². The second kappa shape index (κ2) is 9.61. The smallest absolute Gasteiger partial charge is 0.338 e. The quantitative estimate of drug-likeness (QED) is 0.720. The Morgan fingerprint density at radius 3 is 2.50 bits per heavy atom. The number of esters is 1. The zero-order valence-electron chi connectivity index (χ0n) is 13.6. The van der Waals surface area contributed by atoms with Crippen LogP contribution in [0.15, 0.2) is 12.1 Å². The number of ether oxygens (including phenoxy) is 3. The maximum atomic E-state index is 12.0. The number of imide groups is 1. The number of nitrogens with one attached hydrogen (secondary N) is 2. The van der Waals surface area contributed by atoms with E-state index in [9.17, 15) is 14.4 Å². The fraction of sp³-hybridized carbons (Fsp3) is 0.400. The van der Waals surface area contributed by atoms with E-state index in [1.54, 1.807) is 13.8 Å². The molecule has 0 aliphatic rings. The Morgan fingerprint density at radius 2 is 1.92 bits per heavy atom. The lowest BCUT2D eigenvalue weighted by molar-refractivity contribution is -0.123. The first-order chi connectivity index (χ1) is 11.4. The van der Waals surface area contributed by atoms with E-state index in [4.69, 9.17) is 25.8 Å². The lowest BCUT2D eigenvalue weighted by atomic mass is 10.2. The van der Waals surface area contributed by atoms with Crippen LogP contribution in [0.3, 0.4) is 0 Å². The summed E-state index contributed by atoms with van der Waals surface area (Å²) in [6, 6.07) is 2.07. The van der Waals surface area contributed by atoms with Gasteiger partial charge < -0.3 is 19.5 Å². The van der Waals surface area contributed by atoms with Gasteiger partial charge in [-0.05, 0) is 26.0 Å². The summed E-state index contributed by atoms with van der Waals surface area (Å²) in [5.41, 5.74) is 0.0890. The average Bonchev–Trinajstić information content (AvgIpc) is 2.54. The Balaban J connectivity index is 2.73. The highest BCUT2D eigenvalue weighted by atomic mass is 35.5. The second-order valence-electron chi connectivity index (χ2n) is 4.41. The maximum absolute atomic E-state index is 12.0. The number of amides is 3. The molecule has 0 aliphatic heterocycles. The number of hydrogen-bond donors (Lipinski definition) is 2. The highest BCUT2D eigenvalue weighted by Crippen LogP contribution is 2.36. The Morgan fingerprint density at radius 1 is 1.21 bits per heavy atom. The van der Waals surface area contributed by atoms with Gasteiger partial charge in [-0.2, -0.15) is 0 Å². The highest BCUT2D eigenvalue weighted by molar-refractivity contribution is 6.32. The van der Waals surface area contributed by atoms with Gasteiger partial charge in [0, 0.05) is 6.54 Å². The zero-order chi connectivity index (χ0) is 18.1. The topological polar surface area (TPSA) is 103 Å². The van der Waals surface area contributed by atoms with Gasteiger partial charge in [-0.15, -0.1) is 0 Å². The van der Waals surface area contributed by atoms with Gasteiger partial charge in [0.25, 0.3) is 5.91 Å². The number of rotatable bonds is 7. The van der Waals surface area contributed by atoms with Crippen molar-refractivity contribution < 1.29 is 28.6 Å². The van der Waals surface area contributed by atoms with E-state index < -0.39 is 24.5 Å². The fourth-order valence-corrected chi connectivity index (χ4v) is 1.97. The molecule has 0 radical (unpaired) electrons. The molecule has 0 aromatic heterocycles. The monoisotopic (exact) mass is 358 g/mol. The third-order valence-electron chi connectivity index (χ3n) is 2.68. The van der Waals surface area contributed by atoms with E-state index in [0.717, 1.165) is 0 Å². The van der Waals surface area contributed by atoms with Crippen molar-refractivity contribution in [1.82, 2.24) is 10.6 Å². The summed E-state index contributed by atoms with van der Waals surface area (Å²) >= 11 is 6.06. The molecule has 0 spiro atoms. The number of hydrogen-bond acceptors (Lipinski definition) is 6. The van der Waals surface area contributed by atoms with E-state index in [-0.39, 0.29) is 16.3 Å². The van der Waals surface area contributed by atoms with E-state index in [2.05, 4.69) is 5.32 Å². The van der Waals surface area contributed by atoms with Crippen molar-refractivity contribution in [1.29, 1.82) is 0 Å². The van der Waals surface area contributed by atoms with Crippen LogP contribution in [0.2, 0.25) is 5.02 Å². The maximum Gasteiger partial charge on any atom is 0.338 e. The predicted molar refractivity (Wildman–Crippen MR) is 86.7 cm³/mol. The SMILES string of the molecule is CCNC(=O)NC(=O)COC(=O)c1cc(Cl)c(OCC)c(OC)c1. The first kappa shape index (κ1) is 19.6. The van der Waals surface area contributed by atoms with Crippen LogP contribution in [-0.4, -0.2) is 44.8 Å². The lowest BCUT2D eigenvalue weighted by Crippen LogP contribution is -2.41. The molecular weight excluding hydrogens is 340 g/mol. The van der Waals surface area contributed by atoms with Crippen LogP contribution in [0, 0.1) is 0 Å². The summed E-state index contributed by atoms with van der Waals surface area (Å²) in [7, 11) is 1.41. The standard InChI is InChI=1S/C15H19ClN2O6/c1-4-17-15(21)18-12(19)8-24-14(20)9-6-10(16)13(23-5-2)11(7-9)22-3/h6-7H,4-5,8H2,1-3H3,(H2,17,18,19,21). The van der Waals surface area contributed by atoms with Crippen molar-refractivity contribution in [2.24, 2.45) is 0 Å². The van der Waals surface area contributed by atoms with Crippen LogP contribution in [0.25, 0.3) is 0 Å². The van der Waals surface area contributed by atoms with Crippen molar-refractivity contribution in [3.63, 3.8) is 0 Å². The predicted octanol–water partition coefficient (Wildman–Crippen LogP) is 1.75. The summed E-state index contributed by atoms with van der Waals surface area (Å²) in [6.45, 7) is 3.62. The van der Waals surface area contributed by atoms with Crippen molar-refractivity contribution in [3.8, 4) is 11.5 Å². The molecule has 1 aromatic carbocycles. The van der Waals surface area contributed by atoms with Crippen LogP contribution in [-0.2, 0) is 9.53 Å². The zero-order valence-corrected chi connectivity index (χ0v) is 14.4. The molecule has 0 saturated carbocycles. The largest absolute Gasteiger partial charge is 0.493 e. The molecule has 0 bridgehead atoms. The summed E-state index contributed by atoms with van der Waals surface area (Å²) in [6.07, 6.45) is 0. The molecule has 0 atom stereocenters. The van der Waals surface area contributed by atoms with Crippen molar-refractivity contribution in [2.75, 3.05) is 26.9 Å². The first-order valence-corrected chi connectivity index (χ1v) is 7.55. The molecule has 1 rings (SSSR count). The van der Waals surface area contributed by atoms with Gasteiger partial charge in [0.15, 0.2) is 18.1 Å². The highest BCUT2D eigenvalue weighted by Gasteiger charge is 2.18. The molecule has 0 unspecified atom stereocenters. The lowest BCUT2D eigenvalue weighted by Gasteiger charge is -2.13. The first-order valence-electron chi connectivity index (χ1n) is 7.18. The number of carbonyl (C=O) groups is 3. The summed E-state index contributed by atoms with van der Waals surface area (Å²) in [5, 5.41) is 4.56. The molecule has 9 heteroatoms. The molecule has 0 fully saturated rings. The van der Waals surface area contributed by atoms with E-state index in [1.807, 2.05) is 5.32 Å². The Kier molecular flexibility index (Phi) is 7.84. The Bertz CT molecular complexity index is 620. The molecule has 132 valence electrons. The van der Waals surface area contributed by atoms with Gasteiger partial charge in [0.2, 0.25) is 0 Å². The molecule has 0 aliphatic carbocycles. The van der Waals surface area contributed by atoms with E-state index >= 15 is 0 Å². The fourth-order valence-electron chi connectivity index (χ4n) is 1.70. The van der Waals surface area contributed by atoms with E-state index in [0.29, 0.717) is 18.9 Å².